The third-order valence-electron chi connectivity index (χ3n) is 6.45. The van der Waals surface area contributed by atoms with Crippen molar-refractivity contribution in [1.82, 2.24) is 20.1 Å². The Morgan fingerprint density at radius 3 is 2.39 bits per heavy atom. The zero-order valence-corrected chi connectivity index (χ0v) is 17.9. The van der Waals surface area contributed by atoms with Crippen molar-refractivity contribution in [2.45, 2.75) is 38.0 Å². The molecule has 0 saturated carbocycles. The van der Waals surface area contributed by atoms with Crippen LogP contribution in [0.1, 0.15) is 41.3 Å². The first-order valence-corrected chi connectivity index (χ1v) is 10.6. The molecule has 0 spiro atoms. The van der Waals surface area contributed by atoms with Crippen molar-refractivity contribution in [3.05, 3.63) is 65.5 Å². The second-order valence-electron chi connectivity index (χ2n) is 8.49. The molecule has 0 bridgehead atoms. The number of imide groups is 1. The Kier molecular flexibility index (Phi) is 5.85. The fourth-order valence-corrected chi connectivity index (χ4v) is 4.55. The smallest absolute Gasteiger partial charge is 0.339 e. The summed E-state index contributed by atoms with van der Waals surface area (Å²) in [5.74, 6) is -1.29. The first-order chi connectivity index (χ1) is 15.6. The van der Waals surface area contributed by atoms with Gasteiger partial charge >= 0.3 is 12.2 Å². The number of benzene rings is 1. The van der Waals surface area contributed by atoms with Gasteiger partial charge in [-0.3, -0.25) is 19.5 Å². The lowest BCUT2D eigenvalue weighted by Gasteiger charge is -2.39. The van der Waals surface area contributed by atoms with Gasteiger partial charge in [-0.15, -0.1) is 0 Å². The van der Waals surface area contributed by atoms with Crippen molar-refractivity contribution in [2.75, 3.05) is 13.1 Å². The fraction of sp³-hybridized carbons (Fsp3) is 0.391. The Balaban J connectivity index is 1.44. The number of hydrogen-bond donors (Lipinski definition) is 1. The van der Waals surface area contributed by atoms with Gasteiger partial charge in [-0.1, -0.05) is 12.1 Å². The monoisotopic (exact) mass is 460 g/mol. The molecule has 3 heterocycles. The highest BCUT2D eigenvalue weighted by molar-refractivity contribution is 6.07. The molecule has 4 amide bonds. The Labute approximate surface area is 188 Å². The van der Waals surface area contributed by atoms with Gasteiger partial charge in [0.15, 0.2) is 0 Å². The summed E-state index contributed by atoms with van der Waals surface area (Å²) in [6.07, 6.45) is -0.707. The van der Waals surface area contributed by atoms with Crippen LogP contribution in [0.5, 0.6) is 0 Å². The SMILES string of the molecule is C[C@@]1(C2CCN(C(=O)c3ccccc3C(F)(F)F)CC2)NC(=O)N(Cc2ccncc2)C1=O. The largest absolute Gasteiger partial charge is 0.417 e. The molecule has 2 aromatic rings. The molecule has 0 aliphatic carbocycles. The molecule has 2 aliphatic rings. The van der Waals surface area contributed by atoms with Gasteiger partial charge in [0.05, 0.1) is 17.7 Å². The molecule has 174 valence electrons. The zero-order chi connectivity index (χ0) is 23.8. The summed E-state index contributed by atoms with van der Waals surface area (Å²) in [5.41, 5.74) is -1.72. The van der Waals surface area contributed by atoms with E-state index in [4.69, 9.17) is 0 Å². The van der Waals surface area contributed by atoms with Crippen molar-refractivity contribution in [3.63, 3.8) is 0 Å². The highest BCUT2D eigenvalue weighted by Crippen LogP contribution is 2.36. The zero-order valence-electron chi connectivity index (χ0n) is 17.9. The lowest BCUT2D eigenvalue weighted by Crippen LogP contribution is -2.54. The maximum Gasteiger partial charge on any atom is 0.417 e. The lowest BCUT2D eigenvalue weighted by atomic mass is 9.78. The quantitative estimate of drug-likeness (QED) is 0.709. The molecule has 2 fully saturated rings. The minimum atomic E-state index is -4.63. The van der Waals surface area contributed by atoms with E-state index in [1.54, 1.807) is 31.5 Å². The maximum absolute atomic E-state index is 13.3. The number of piperidine rings is 1. The van der Waals surface area contributed by atoms with E-state index in [0.29, 0.717) is 12.8 Å². The van der Waals surface area contributed by atoms with Crippen LogP contribution in [0.15, 0.2) is 48.8 Å². The summed E-state index contributed by atoms with van der Waals surface area (Å²) in [5, 5.41) is 2.79. The molecule has 0 unspecified atom stereocenters. The predicted octanol–water partition coefficient (Wildman–Crippen LogP) is 3.46. The number of alkyl halides is 3. The van der Waals surface area contributed by atoms with Crippen LogP contribution in [0.2, 0.25) is 0 Å². The number of likely N-dealkylation sites (tertiary alicyclic amines) is 1. The summed E-state index contributed by atoms with van der Waals surface area (Å²) < 4.78 is 39.9. The van der Waals surface area contributed by atoms with E-state index in [2.05, 4.69) is 10.3 Å². The van der Waals surface area contributed by atoms with Gasteiger partial charge in [0, 0.05) is 25.5 Å². The average molecular weight is 460 g/mol. The van der Waals surface area contributed by atoms with Crippen LogP contribution < -0.4 is 5.32 Å². The summed E-state index contributed by atoms with van der Waals surface area (Å²) in [7, 11) is 0. The van der Waals surface area contributed by atoms with E-state index in [9.17, 15) is 27.6 Å². The number of aromatic nitrogens is 1. The standard InChI is InChI=1S/C23H23F3N4O3/c1-22(20(32)30(21(33)28-22)14-15-6-10-27-11-7-15)16-8-12-29(13-9-16)19(31)17-4-2-3-5-18(17)23(24,25)26/h2-7,10-11,16H,8-9,12-14H2,1H3,(H,28,33)/t22-/m0/s1. The second kappa shape index (κ2) is 8.49. The Hall–Kier alpha value is -3.43. The number of hydrogen-bond acceptors (Lipinski definition) is 4. The lowest BCUT2D eigenvalue weighted by molar-refractivity contribution is -0.138. The Morgan fingerprint density at radius 2 is 1.76 bits per heavy atom. The molecular weight excluding hydrogens is 437 g/mol. The molecule has 33 heavy (non-hydrogen) atoms. The van der Waals surface area contributed by atoms with Crippen LogP contribution in [0.25, 0.3) is 0 Å². The number of carbonyl (C=O) groups is 3. The number of amides is 4. The van der Waals surface area contributed by atoms with Crippen LogP contribution in [0, 0.1) is 5.92 Å². The molecule has 1 N–H and O–H groups in total. The van der Waals surface area contributed by atoms with E-state index in [1.165, 1.54) is 23.1 Å². The molecular formula is C23H23F3N4O3. The van der Waals surface area contributed by atoms with Crippen molar-refractivity contribution in [3.8, 4) is 0 Å². The van der Waals surface area contributed by atoms with Crippen molar-refractivity contribution < 1.29 is 27.6 Å². The number of nitrogens with one attached hydrogen (secondary N) is 1. The van der Waals surface area contributed by atoms with Crippen LogP contribution in [-0.4, -0.2) is 51.3 Å². The summed E-state index contributed by atoms with van der Waals surface area (Å²) in [6, 6.07) is 7.68. The number of halogens is 3. The highest BCUT2D eigenvalue weighted by atomic mass is 19.4. The van der Waals surface area contributed by atoms with Crippen LogP contribution in [-0.2, 0) is 17.5 Å². The number of urea groups is 1. The molecule has 1 atom stereocenters. The van der Waals surface area contributed by atoms with Gasteiger partial charge < -0.3 is 10.2 Å². The Bertz CT molecular complexity index is 1070. The van der Waals surface area contributed by atoms with E-state index < -0.39 is 29.2 Å². The molecule has 0 radical (unpaired) electrons. The third-order valence-corrected chi connectivity index (χ3v) is 6.45. The molecule has 1 aromatic carbocycles. The van der Waals surface area contributed by atoms with E-state index in [-0.39, 0.29) is 37.0 Å². The molecule has 4 rings (SSSR count). The summed E-state index contributed by atoms with van der Waals surface area (Å²) >= 11 is 0. The first-order valence-electron chi connectivity index (χ1n) is 10.6. The van der Waals surface area contributed by atoms with Crippen molar-refractivity contribution in [1.29, 1.82) is 0 Å². The third kappa shape index (κ3) is 4.29. The van der Waals surface area contributed by atoms with E-state index >= 15 is 0 Å². The van der Waals surface area contributed by atoms with E-state index in [1.807, 2.05) is 0 Å². The fourth-order valence-electron chi connectivity index (χ4n) is 4.55. The minimum absolute atomic E-state index is 0.119. The normalized spacial score (nSPS) is 21.9. The van der Waals surface area contributed by atoms with Gasteiger partial charge in [-0.05, 0) is 55.5 Å². The van der Waals surface area contributed by atoms with Gasteiger partial charge in [0.25, 0.3) is 11.8 Å². The maximum atomic E-state index is 13.3. The highest BCUT2D eigenvalue weighted by Gasteiger charge is 2.53. The number of nitrogens with zero attached hydrogens (tertiary/aromatic N) is 3. The number of rotatable bonds is 4. The number of pyridine rings is 1. The molecule has 1 aromatic heterocycles. The Morgan fingerprint density at radius 1 is 1.12 bits per heavy atom. The van der Waals surface area contributed by atoms with Gasteiger partial charge in [0.1, 0.15) is 5.54 Å². The summed E-state index contributed by atoms with van der Waals surface area (Å²) in [4.78, 5) is 45.0. The minimum Gasteiger partial charge on any atom is -0.339 e. The summed E-state index contributed by atoms with van der Waals surface area (Å²) in [6.45, 7) is 2.17. The number of carbonyl (C=O) groups excluding carboxylic acids is 3. The van der Waals surface area contributed by atoms with Crippen molar-refractivity contribution >= 4 is 17.8 Å². The second-order valence-corrected chi connectivity index (χ2v) is 8.49. The molecule has 10 heteroatoms. The van der Waals surface area contributed by atoms with Gasteiger partial charge in [0.2, 0.25) is 0 Å². The van der Waals surface area contributed by atoms with Crippen LogP contribution >= 0.6 is 0 Å². The van der Waals surface area contributed by atoms with Gasteiger partial charge in [-0.2, -0.15) is 13.2 Å². The van der Waals surface area contributed by atoms with Crippen LogP contribution in [0.4, 0.5) is 18.0 Å². The van der Waals surface area contributed by atoms with E-state index in [0.717, 1.165) is 16.5 Å². The topological polar surface area (TPSA) is 82.6 Å². The predicted molar refractivity (Wildman–Crippen MR) is 112 cm³/mol. The molecule has 2 aliphatic heterocycles. The van der Waals surface area contributed by atoms with Crippen molar-refractivity contribution in [2.24, 2.45) is 5.92 Å². The van der Waals surface area contributed by atoms with Crippen LogP contribution in [0.3, 0.4) is 0 Å². The average Bonchev–Trinajstić information content (AvgIpc) is 3.02. The molecule has 2 saturated heterocycles. The molecule has 7 nitrogen and oxygen atoms in total. The first kappa shape index (κ1) is 22.8. The van der Waals surface area contributed by atoms with Gasteiger partial charge in [-0.25, -0.2) is 4.79 Å².